The number of amides is 1. The summed E-state index contributed by atoms with van der Waals surface area (Å²) < 4.78 is 8.55. The molecule has 182 valence electrons. The van der Waals surface area contributed by atoms with E-state index in [4.69, 9.17) is 10.5 Å². The van der Waals surface area contributed by atoms with Crippen LogP contribution in [0.1, 0.15) is 17.4 Å². The van der Waals surface area contributed by atoms with Gasteiger partial charge >= 0.3 is 0 Å². The van der Waals surface area contributed by atoms with Gasteiger partial charge in [-0.3, -0.25) is 9.36 Å². The van der Waals surface area contributed by atoms with E-state index in [9.17, 15) is 20.1 Å². The lowest BCUT2D eigenvalue weighted by Gasteiger charge is -2.17. The van der Waals surface area contributed by atoms with Gasteiger partial charge in [0.15, 0.2) is 23.2 Å². The standard InChI is InChI=1S/C22H24N8O5/c23-15(32)6-13-8-26-30(9-13)22-27-19(24-7-12-4-2-1-3-5-12)16-20(28-22)29(11-25-16)21-18(34)17(33)14(10-31)35-21/h1-5,8-9,11,14,17-18,21,31,33-34H,6-7,10H2,(H2,23,32)(H,24,27,28)/t14-,17-,18-,21-/m1/s1. The number of anilines is 1. The third-order valence-corrected chi connectivity index (χ3v) is 5.72. The molecule has 13 heteroatoms. The molecule has 0 spiro atoms. The molecule has 1 saturated heterocycles. The second-order valence-corrected chi connectivity index (χ2v) is 8.20. The molecule has 1 aromatic carbocycles. The number of imidazole rings is 1. The van der Waals surface area contributed by atoms with Crippen molar-refractivity contribution in [1.82, 2.24) is 29.3 Å². The number of carbonyl (C=O) groups is 1. The number of carbonyl (C=O) groups excluding carboxylic acids is 1. The van der Waals surface area contributed by atoms with Crippen LogP contribution in [0.4, 0.5) is 5.82 Å². The van der Waals surface area contributed by atoms with Gasteiger partial charge in [0, 0.05) is 12.7 Å². The van der Waals surface area contributed by atoms with Gasteiger partial charge in [0.2, 0.25) is 5.91 Å². The molecule has 0 aliphatic carbocycles. The Bertz CT molecular complexity index is 1340. The van der Waals surface area contributed by atoms with Crippen LogP contribution in [0.15, 0.2) is 49.1 Å². The predicted octanol–water partition coefficient (Wildman–Crippen LogP) is -0.737. The molecule has 0 radical (unpaired) electrons. The molecule has 5 rings (SSSR count). The van der Waals surface area contributed by atoms with E-state index >= 15 is 0 Å². The Balaban J connectivity index is 1.57. The van der Waals surface area contributed by atoms with E-state index in [1.54, 1.807) is 6.20 Å². The minimum absolute atomic E-state index is 0.0157. The summed E-state index contributed by atoms with van der Waals surface area (Å²) in [5.74, 6) is 0.0946. The van der Waals surface area contributed by atoms with Crippen LogP contribution in [0.25, 0.3) is 17.1 Å². The number of ether oxygens (including phenoxy) is 1. The monoisotopic (exact) mass is 480 g/mol. The zero-order chi connectivity index (χ0) is 24.5. The minimum atomic E-state index is -1.31. The molecule has 3 aromatic heterocycles. The van der Waals surface area contributed by atoms with Gasteiger partial charge < -0.3 is 31.1 Å². The SMILES string of the molecule is NC(=O)Cc1cnn(-c2nc(NCc3ccccc3)c3ncn([C@@H]4O[C@H](CO)[C@@H](O)[C@H]4O)c3n2)c1. The largest absolute Gasteiger partial charge is 0.394 e. The Morgan fingerprint density at radius 1 is 1.14 bits per heavy atom. The summed E-state index contributed by atoms with van der Waals surface area (Å²) in [5.41, 5.74) is 7.62. The number of aromatic nitrogens is 6. The molecule has 1 amide bonds. The predicted molar refractivity (Wildman–Crippen MR) is 122 cm³/mol. The van der Waals surface area contributed by atoms with Crippen molar-refractivity contribution in [1.29, 1.82) is 0 Å². The van der Waals surface area contributed by atoms with Gasteiger partial charge in [0.05, 0.1) is 25.6 Å². The van der Waals surface area contributed by atoms with Gasteiger partial charge in [-0.1, -0.05) is 30.3 Å². The number of benzene rings is 1. The Hall–Kier alpha value is -3.91. The normalized spacial score (nSPS) is 22.0. The van der Waals surface area contributed by atoms with Gasteiger partial charge in [-0.25, -0.2) is 9.67 Å². The summed E-state index contributed by atoms with van der Waals surface area (Å²) >= 11 is 0. The van der Waals surface area contributed by atoms with Crippen molar-refractivity contribution in [3.63, 3.8) is 0 Å². The first-order chi connectivity index (χ1) is 16.9. The third-order valence-electron chi connectivity index (χ3n) is 5.72. The molecule has 4 atom stereocenters. The maximum atomic E-state index is 11.3. The van der Waals surface area contributed by atoms with Crippen LogP contribution in [-0.4, -0.2) is 75.4 Å². The van der Waals surface area contributed by atoms with Crippen molar-refractivity contribution >= 4 is 22.9 Å². The lowest BCUT2D eigenvalue weighted by atomic mass is 10.1. The van der Waals surface area contributed by atoms with Gasteiger partial charge in [-0.05, 0) is 11.1 Å². The molecule has 13 nitrogen and oxygen atoms in total. The third kappa shape index (κ3) is 4.44. The number of fused-ring (bicyclic) bond motifs is 1. The van der Waals surface area contributed by atoms with Gasteiger partial charge in [-0.2, -0.15) is 15.1 Å². The van der Waals surface area contributed by atoms with Crippen molar-refractivity contribution in [2.24, 2.45) is 5.73 Å². The zero-order valence-electron chi connectivity index (χ0n) is 18.5. The van der Waals surface area contributed by atoms with Crippen LogP contribution in [0.5, 0.6) is 0 Å². The molecule has 1 fully saturated rings. The van der Waals surface area contributed by atoms with E-state index in [2.05, 4.69) is 25.4 Å². The smallest absolute Gasteiger partial charge is 0.254 e. The first-order valence-electron chi connectivity index (χ1n) is 10.9. The lowest BCUT2D eigenvalue weighted by molar-refractivity contribution is -0.117. The maximum absolute atomic E-state index is 11.3. The number of nitrogens with zero attached hydrogens (tertiary/aromatic N) is 6. The molecule has 6 N–H and O–H groups in total. The van der Waals surface area contributed by atoms with E-state index in [0.29, 0.717) is 29.1 Å². The van der Waals surface area contributed by atoms with Crippen LogP contribution < -0.4 is 11.1 Å². The van der Waals surface area contributed by atoms with Gasteiger partial charge in [0.1, 0.15) is 18.3 Å². The highest BCUT2D eigenvalue weighted by molar-refractivity contribution is 5.83. The molecule has 4 aromatic rings. The molecule has 1 aliphatic rings. The molecular weight excluding hydrogens is 456 g/mol. The van der Waals surface area contributed by atoms with E-state index < -0.39 is 37.1 Å². The fraction of sp³-hybridized carbons (Fsp3) is 0.318. The zero-order valence-corrected chi connectivity index (χ0v) is 18.5. The average Bonchev–Trinajstić information content (AvgIpc) is 3.56. The number of hydrogen-bond acceptors (Lipinski definition) is 10. The summed E-state index contributed by atoms with van der Waals surface area (Å²) in [6.07, 6.45) is -0.0244. The molecular formula is C22H24N8O5. The second kappa shape index (κ2) is 9.38. The van der Waals surface area contributed by atoms with Crippen molar-refractivity contribution in [3.8, 4) is 5.95 Å². The first-order valence-corrected chi connectivity index (χ1v) is 10.9. The molecule has 0 saturated carbocycles. The first kappa shape index (κ1) is 22.9. The molecule has 0 bridgehead atoms. The topological polar surface area (TPSA) is 186 Å². The Morgan fingerprint density at radius 2 is 1.94 bits per heavy atom. The fourth-order valence-electron chi connectivity index (χ4n) is 3.97. The van der Waals surface area contributed by atoms with Crippen molar-refractivity contribution in [3.05, 3.63) is 60.2 Å². The van der Waals surface area contributed by atoms with E-state index in [0.717, 1.165) is 5.56 Å². The van der Waals surface area contributed by atoms with E-state index in [1.807, 2.05) is 30.3 Å². The minimum Gasteiger partial charge on any atom is -0.394 e. The van der Waals surface area contributed by atoms with Crippen LogP contribution in [0.3, 0.4) is 0 Å². The highest BCUT2D eigenvalue weighted by Crippen LogP contribution is 2.32. The second-order valence-electron chi connectivity index (χ2n) is 8.20. The highest BCUT2D eigenvalue weighted by Gasteiger charge is 2.44. The Kier molecular flexibility index (Phi) is 6.13. The Labute approximate surface area is 198 Å². The molecule has 1 aliphatic heterocycles. The number of nitrogens with two attached hydrogens (primary N) is 1. The van der Waals surface area contributed by atoms with Gasteiger partial charge in [-0.15, -0.1) is 0 Å². The van der Waals surface area contributed by atoms with Crippen molar-refractivity contribution in [2.45, 2.75) is 37.5 Å². The van der Waals surface area contributed by atoms with E-state index in [-0.39, 0.29) is 12.4 Å². The molecule has 35 heavy (non-hydrogen) atoms. The average molecular weight is 480 g/mol. The number of aliphatic hydroxyl groups is 3. The van der Waals surface area contributed by atoms with Crippen LogP contribution in [0, 0.1) is 0 Å². The lowest BCUT2D eigenvalue weighted by Crippen LogP contribution is -2.33. The van der Waals surface area contributed by atoms with Gasteiger partial charge in [0.25, 0.3) is 5.95 Å². The fourth-order valence-corrected chi connectivity index (χ4v) is 3.97. The number of aliphatic hydroxyl groups excluding tert-OH is 3. The quantitative estimate of drug-likeness (QED) is 0.215. The molecule has 0 unspecified atom stereocenters. The van der Waals surface area contributed by atoms with E-state index in [1.165, 1.54) is 21.8 Å². The highest BCUT2D eigenvalue weighted by atomic mass is 16.6. The van der Waals surface area contributed by atoms with Crippen molar-refractivity contribution in [2.75, 3.05) is 11.9 Å². The summed E-state index contributed by atoms with van der Waals surface area (Å²) in [4.78, 5) is 24.8. The summed E-state index contributed by atoms with van der Waals surface area (Å²) in [5, 5.41) is 37.7. The van der Waals surface area contributed by atoms with Crippen LogP contribution in [0.2, 0.25) is 0 Å². The van der Waals surface area contributed by atoms with Crippen LogP contribution in [-0.2, 0) is 22.5 Å². The summed E-state index contributed by atoms with van der Waals surface area (Å²) in [6, 6.07) is 9.72. The summed E-state index contributed by atoms with van der Waals surface area (Å²) in [6.45, 7) is 0.000534. The van der Waals surface area contributed by atoms with Crippen LogP contribution >= 0.6 is 0 Å². The Morgan fingerprint density at radius 3 is 2.66 bits per heavy atom. The maximum Gasteiger partial charge on any atom is 0.254 e. The number of rotatable bonds is 8. The number of hydrogen-bond donors (Lipinski definition) is 5. The number of primary amides is 1. The number of nitrogens with one attached hydrogen (secondary N) is 1. The summed E-state index contributed by atoms with van der Waals surface area (Å²) in [7, 11) is 0. The molecule has 4 heterocycles. The van der Waals surface area contributed by atoms with Crippen molar-refractivity contribution < 1.29 is 24.9 Å².